The second-order valence-corrected chi connectivity index (χ2v) is 4.72. The zero-order valence-electron chi connectivity index (χ0n) is 12.1. The van der Waals surface area contributed by atoms with Gasteiger partial charge in [0.1, 0.15) is 0 Å². The van der Waals surface area contributed by atoms with Crippen LogP contribution in [0.2, 0.25) is 0 Å². The van der Waals surface area contributed by atoms with E-state index >= 15 is 0 Å². The molecule has 0 aliphatic carbocycles. The molecule has 0 aromatic heterocycles. The molecule has 0 saturated carbocycles. The van der Waals surface area contributed by atoms with Gasteiger partial charge in [-0.15, -0.1) is 0 Å². The average molecular weight is 267 g/mol. The SMILES string of the molecule is COCCN(CC(O)c1ccccc1)C(C)COC. The van der Waals surface area contributed by atoms with E-state index in [9.17, 15) is 5.11 Å². The highest BCUT2D eigenvalue weighted by molar-refractivity contribution is 5.17. The van der Waals surface area contributed by atoms with E-state index in [0.717, 1.165) is 12.1 Å². The summed E-state index contributed by atoms with van der Waals surface area (Å²) >= 11 is 0. The van der Waals surface area contributed by atoms with Gasteiger partial charge in [0.05, 0.1) is 19.3 Å². The van der Waals surface area contributed by atoms with Crippen LogP contribution in [-0.4, -0.2) is 56.6 Å². The summed E-state index contributed by atoms with van der Waals surface area (Å²) in [5.41, 5.74) is 0.939. The highest BCUT2D eigenvalue weighted by Gasteiger charge is 2.18. The van der Waals surface area contributed by atoms with Crippen molar-refractivity contribution in [3.63, 3.8) is 0 Å². The number of hydrogen-bond donors (Lipinski definition) is 1. The minimum atomic E-state index is -0.489. The fourth-order valence-corrected chi connectivity index (χ4v) is 2.05. The van der Waals surface area contributed by atoms with Gasteiger partial charge in [0, 0.05) is 33.4 Å². The predicted molar refractivity (Wildman–Crippen MR) is 76.2 cm³/mol. The highest BCUT2D eigenvalue weighted by Crippen LogP contribution is 2.15. The maximum absolute atomic E-state index is 10.3. The fourth-order valence-electron chi connectivity index (χ4n) is 2.05. The van der Waals surface area contributed by atoms with Gasteiger partial charge in [0.25, 0.3) is 0 Å². The molecule has 1 aromatic carbocycles. The van der Waals surface area contributed by atoms with Gasteiger partial charge in [-0.05, 0) is 12.5 Å². The molecule has 0 amide bonds. The van der Waals surface area contributed by atoms with E-state index in [1.807, 2.05) is 30.3 Å². The summed E-state index contributed by atoms with van der Waals surface area (Å²) in [7, 11) is 3.38. The molecule has 0 spiro atoms. The molecule has 0 aliphatic heterocycles. The molecule has 19 heavy (non-hydrogen) atoms. The molecule has 0 heterocycles. The maximum Gasteiger partial charge on any atom is 0.0917 e. The van der Waals surface area contributed by atoms with Crippen LogP contribution in [0.1, 0.15) is 18.6 Å². The zero-order valence-corrected chi connectivity index (χ0v) is 12.1. The van der Waals surface area contributed by atoms with Crippen LogP contribution in [0.4, 0.5) is 0 Å². The topological polar surface area (TPSA) is 41.9 Å². The summed E-state index contributed by atoms with van der Waals surface area (Å²) in [4.78, 5) is 2.19. The fraction of sp³-hybridized carbons (Fsp3) is 0.600. The summed E-state index contributed by atoms with van der Waals surface area (Å²) in [5, 5.41) is 10.3. The van der Waals surface area contributed by atoms with Crippen LogP contribution in [0.5, 0.6) is 0 Å². The van der Waals surface area contributed by atoms with Crippen molar-refractivity contribution in [2.75, 3.05) is 40.5 Å². The van der Waals surface area contributed by atoms with Crippen LogP contribution in [-0.2, 0) is 9.47 Å². The van der Waals surface area contributed by atoms with Crippen molar-refractivity contribution in [3.05, 3.63) is 35.9 Å². The first-order valence-corrected chi connectivity index (χ1v) is 6.64. The number of ether oxygens (including phenoxy) is 2. The zero-order chi connectivity index (χ0) is 14.1. The number of methoxy groups -OCH3 is 2. The Morgan fingerprint density at radius 2 is 1.84 bits per heavy atom. The van der Waals surface area contributed by atoms with Gasteiger partial charge in [0.2, 0.25) is 0 Å². The van der Waals surface area contributed by atoms with Gasteiger partial charge >= 0.3 is 0 Å². The van der Waals surface area contributed by atoms with E-state index in [0.29, 0.717) is 19.8 Å². The van der Waals surface area contributed by atoms with Crippen molar-refractivity contribution in [2.45, 2.75) is 19.1 Å². The second kappa shape index (κ2) is 9.04. The first-order valence-electron chi connectivity index (χ1n) is 6.64. The van der Waals surface area contributed by atoms with Crippen LogP contribution in [0.25, 0.3) is 0 Å². The molecule has 0 bridgehead atoms. The van der Waals surface area contributed by atoms with Crippen LogP contribution < -0.4 is 0 Å². The van der Waals surface area contributed by atoms with Crippen LogP contribution in [0.15, 0.2) is 30.3 Å². The van der Waals surface area contributed by atoms with Crippen molar-refractivity contribution < 1.29 is 14.6 Å². The Hall–Kier alpha value is -0.940. The summed E-state index contributed by atoms with van der Waals surface area (Å²) < 4.78 is 10.3. The minimum absolute atomic E-state index is 0.249. The molecule has 0 fully saturated rings. The Labute approximate surface area is 115 Å². The van der Waals surface area contributed by atoms with E-state index in [2.05, 4.69) is 11.8 Å². The normalized spacial score (nSPS) is 14.6. The smallest absolute Gasteiger partial charge is 0.0917 e. The summed E-state index contributed by atoms with van der Waals surface area (Å²) in [6.45, 7) is 4.75. The third-order valence-electron chi connectivity index (χ3n) is 3.21. The lowest BCUT2D eigenvalue weighted by molar-refractivity contribution is 0.0386. The van der Waals surface area contributed by atoms with Crippen LogP contribution in [0.3, 0.4) is 0 Å². The maximum atomic E-state index is 10.3. The largest absolute Gasteiger partial charge is 0.387 e. The summed E-state index contributed by atoms with van der Waals surface area (Å²) in [5.74, 6) is 0. The number of aliphatic hydroxyl groups is 1. The molecule has 4 heteroatoms. The van der Waals surface area contributed by atoms with Crippen LogP contribution in [0, 0.1) is 0 Å². The number of rotatable bonds is 9. The summed E-state index contributed by atoms with van der Waals surface area (Å²) in [6.07, 6.45) is -0.489. The van der Waals surface area contributed by atoms with E-state index in [1.54, 1.807) is 14.2 Å². The number of benzene rings is 1. The molecular weight excluding hydrogens is 242 g/mol. The average Bonchev–Trinajstić information content (AvgIpc) is 2.44. The lowest BCUT2D eigenvalue weighted by Gasteiger charge is -2.30. The molecule has 0 radical (unpaired) electrons. The minimum Gasteiger partial charge on any atom is -0.387 e. The quantitative estimate of drug-likeness (QED) is 0.739. The Bertz CT molecular complexity index is 331. The van der Waals surface area contributed by atoms with Gasteiger partial charge in [-0.25, -0.2) is 0 Å². The van der Waals surface area contributed by atoms with Gasteiger partial charge in [-0.2, -0.15) is 0 Å². The van der Waals surface area contributed by atoms with Crippen molar-refractivity contribution in [1.29, 1.82) is 0 Å². The van der Waals surface area contributed by atoms with Crippen molar-refractivity contribution in [2.24, 2.45) is 0 Å². The molecule has 108 valence electrons. The first kappa shape index (κ1) is 16.1. The van der Waals surface area contributed by atoms with E-state index < -0.39 is 6.10 Å². The Morgan fingerprint density at radius 1 is 1.16 bits per heavy atom. The van der Waals surface area contributed by atoms with Crippen molar-refractivity contribution in [1.82, 2.24) is 4.90 Å². The van der Waals surface area contributed by atoms with E-state index in [1.165, 1.54) is 0 Å². The summed E-state index contributed by atoms with van der Waals surface area (Å²) in [6, 6.07) is 9.97. The first-order chi connectivity index (χ1) is 9.19. The molecule has 0 aliphatic rings. The number of hydrogen-bond acceptors (Lipinski definition) is 4. The molecule has 1 N–H and O–H groups in total. The van der Waals surface area contributed by atoms with Crippen molar-refractivity contribution in [3.8, 4) is 0 Å². The third kappa shape index (κ3) is 5.70. The van der Waals surface area contributed by atoms with E-state index in [-0.39, 0.29) is 6.04 Å². The lowest BCUT2D eigenvalue weighted by atomic mass is 10.1. The number of aliphatic hydroxyl groups excluding tert-OH is 1. The molecule has 1 rings (SSSR count). The molecule has 2 atom stereocenters. The van der Waals surface area contributed by atoms with Gasteiger partial charge in [0.15, 0.2) is 0 Å². The predicted octanol–water partition coefficient (Wildman–Crippen LogP) is 1.70. The second-order valence-electron chi connectivity index (χ2n) is 4.72. The van der Waals surface area contributed by atoms with Gasteiger partial charge < -0.3 is 14.6 Å². The van der Waals surface area contributed by atoms with Crippen LogP contribution >= 0.6 is 0 Å². The van der Waals surface area contributed by atoms with Gasteiger partial charge in [-0.1, -0.05) is 30.3 Å². The Balaban J connectivity index is 2.60. The lowest BCUT2D eigenvalue weighted by Crippen LogP contribution is -2.41. The van der Waals surface area contributed by atoms with Crippen molar-refractivity contribution >= 4 is 0 Å². The number of nitrogens with zero attached hydrogens (tertiary/aromatic N) is 1. The standard InChI is InChI=1S/C15H25NO3/c1-13(12-19-3)16(9-10-18-2)11-15(17)14-7-5-4-6-8-14/h4-8,13,15,17H,9-12H2,1-3H3. The molecule has 1 aromatic rings. The molecule has 4 nitrogen and oxygen atoms in total. The highest BCUT2D eigenvalue weighted by atomic mass is 16.5. The van der Waals surface area contributed by atoms with E-state index in [4.69, 9.17) is 9.47 Å². The Morgan fingerprint density at radius 3 is 2.42 bits per heavy atom. The third-order valence-corrected chi connectivity index (χ3v) is 3.21. The molecular formula is C15H25NO3. The monoisotopic (exact) mass is 267 g/mol. The van der Waals surface area contributed by atoms with Gasteiger partial charge in [-0.3, -0.25) is 4.90 Å². The Kier molecular flexibility index (Phi) is 7.67. The molecule has 2 unspecified atom stereocenters. The molecule has 0 saturated heterocycles.